The molecule has 0 amide bonds. The molecule has 100 valence electrons. The molecule has 0 radical (unpaired) electrons. The van der Waals surface area contributed by atoms with Crippen LogP contribution in [0.4, 0.5) is 4.39 Å². The largest absolute Gasteiger partial charge is 0.466 e. The smallest absolute Gasteiger partial charge is 0.346 e. The van der Waals surface area contributed by atoms with Gasteiger partial charge in [-0.25, -0.2) is 9.18 Å². The summed E-state index contributed by atoms with van der Waals surface area (Å²) in [5, 5.41) is 2.66. The van der Waals surface area contributed by atoms with Gasteiger partial charge in [0.05, 0.1) is 13.2 Å². The molecule has 1 aliphatic rings. The predicted molar refractivity (Wildman–Crippen MR) is 60.7 cm³/mol. The monoisotopic (exact) mass is 269 g/mol. The summed E-state index contributed by atoms with van der Waals surface area (Å²) in [6.45, 7) is 3.34. The minimum atomic E-state index is -2.30. The first-order valence-electron chi connectivity index (χ1n) is 5.29. The Labute approximate surface area is 105 Å². The summed E-state index contributed by atoms with van der Waals surface area (Å²) in [5.41, 5.74) is -2.30. The predicted octanol–water partition coefficient (Wildman–Crippen LogP) is 0.462. The van der Waals surface area contributed by atoms with Gasteiger partial charge in [0, 0.05) is 13.1 Å². The normalized spacial score (nSPS) is 27.1. The second-order valence-electron chi connectivity index (χ2n) is 3.52. The fraction of sp³-hybridized carbons (Fsp3) is 0.800. The average molecular weight is 270 g/mol. The highest BCUT2D eigenvalue weighted by molar-refractivity contribution is 5.89. The second kappa shape index (κ2) is 6.76. The quantitative estimate of drug-likeness (QED) is 0.752. The zero-order valence-electron chi connectivity index (χ0n) is 9.82. The molecule has 0 aliphatic carbocycles. The summed E-state index contributed by atoms with van der Waals surface area (Å²) in [5.74, 6) is -2.83. The van der Waals surface area contributed by atoms with E-state index >= 15 is 0 Å². The van der Waals surface area contributed by atoms with Crippen molar-refractivity contribution >= 4 is 24.3 Å². The van der Waals surface area contributed by atoms with E-state index < -0.39 is 23.5 Å². The molecular formula is C10H17ClFNO4. The molecule has 1 rings (SSSR count). The highest BCUT2D eigenvalue weighted by Gasteiger charge is 2.55. The summed E-state index contributed by atoms with van der Waals surface area (Å²) in [6, 6.07) is 0. The van der Waals surface area contributed by atoms with Crippen molar-refractivity contribution in [3.63, 3.8) is 0 Å². The number of hydrogen-bond acceptors (Lipinski definition) is 5. The van der Waals surface area contributed by atoms with Gasteiger partial charge in [-0.1, -0.05) is 0 Å². The number of esters is 2. The molecule has 5 nitrogen and oxygen atoms in total. The SMILES string of the molecule is CCOC(=O)C1CNCC1(F)C(=O)OCC.Cl. The van der Waals surface area contributed by atoms with Crippen LogP contribution in [0.1, 0.15) is 13.8 Å². The lowest BCUT2D eigenvalue weighted by Crippen LogP contribution is -2.46. The highest BCUT2D eigenvalue weighted by atomic mass is 35.5. The van der Waals surface area contributed by atoms with Gasteiger partial charge in [-0.05, 0) is 13.8 Å². The van der Waals surface area contributed by atoms with Crippen LogP contribution < -0.4 is 5.32 Å². The van der Waals surface area contributed by atoms with Crippen molar-refractivity contribution < 1.29 is 23.5 Å². The van der Waals surface area contributed by atoms with Crippen molar-refractivity contribution in [2.45, 2.75) is 19.5 Å². The van der Waals surface area contributed by atoms with Gasteiger partial charge in [0.15, 0.2) is 0 Å². The van der Waals surface area contributed by atoms with E-state index in [4.69, 9.17) is 4.74 Å². The average Bonchev–Trinajstić information content (AvgIpc) is 2.62. The maximum atomic E-state index is 14.3. The Morgan fingerprint density at radius 1 is 1.35 bits per heavy atom. The summed E-state index contributed by atoms with van der Waals surface area (Å²) >= 11 is 0. The number of hydrogen-bond donors (Lipinski definition) is 1. The van der Waals surface area contributed by atoms with E-state index in [2.05, 4.69) is 10.1 Å². The lowest BCUT2D eigenvalue weighted by Gasteiger charge is -2.22. The van der Waals surface area contributed by atoms with Crippen molar-refractivity contribution in [2.75, 3.05) is 26.3 Å². The maximum Gasteiger partial charge on any atom is 0.346 e. The third-order valence-electron chi connectivity index (χ3n) is 2.47. The van der Waals surface area contributed by atoms with Gasteiger partial charge in [0.1, 0.15) is 5.92 Å². The molecule has 2 atom stereocenters. The number of alkyl halides is 1. The van der Waals surface area contributed by atoms with E-state index in [-0.39, 0.29) is 38.7 Å². The van der Waals surface area contributed by atoms with Gasteiger partial charge < -0.3 is 14.8 Å². The van der Waals surface area contributed by atoms with Crippen molar-refractivity contribution in [1.29, 1.82) is 0 Å². The van der Waals surface area contributed by atoms with Gasteiger partial charge in [-0.15, -0.1) is 12.4 Å². The first-order chi connectivity index (χ1) is 7.56. The van der Waals surface area contributed by atoms with Crippen molar-refractivity contribution in [2.24, 2.45) is 5.92 Å². The van der Waals surface area contributed by atoms with Crippen LogP contribution in [0.3, 0.4) is 0 Å². The van der Waals surface area contributed by atoms with Crippen LogP contribution in [0.2, 0.25) is 0 Å². The second-order valence-corrected chi connectivity index (χ2v) is 3.52. The Hall–Kier alpha value is -0.880. The maximum absolute atomic E-state index is 14.3. The fourth-order valence-electron chi connectivity index (χ4n) is 1.66. The Morgan fingerprint density at radius 3 is 2.47 bits per heavy atom. The number of halogens is 2. The molecule has 17 heavy (non-hydrogen) atoms. The van der Waals surface area contributed by atoms with E-state index in [9.17, 15) is 14.0 Å². The van der Waals surface area contributed by atoms with Crippen LogP contribution in [0.15, 0.2) is 0 Å². The number of carbonyl (C=O) groups excluding carboxylic acids is 2. The molecule has 1 fully saturated rings. The summed E-state index contributed by atoms with van der Waals surface area (Å²) in [6.07, 6.45) is 0. The molecule has 0 aromatic carbocycles. The number of ether oxygens (including phenoxy) is 2. The minimum Gasteiger partial charge on any atom is -0.466 e. The fourth-order valence-corrected chi connectivity index (χ4v) is 1.66. The standard InChI is InChI=1S/C10H16FNO4.ClH/c1-3-15-8(13)7-5-12-6-10(7,11)9(14)16-4-2;/h7,12H,3-6H2,1-2H3;1H. The molecule has 0 saturated carbocycles. The Balaban J connectivity index is 0.00000256. The molecule has 0 spiro atoms. The molecule has 7 heteroatoms. The molecule has 2 unspecified atom stereocenters. The van der Waals surface area contributed by atoms with Crippen molar-refractivity contribution in [3.05, 3.63) is 0 Å². The first-order valence-corrected chi connectivity index (χ1v) is 5.29. The highest BCUT2D eigenvalue weighted by Crippen LogP contribution is 2.29. The molecule has 1 saturated heterocycles. The number of carbonyl (C=O) groups is 2. The Morgan fingerprint density at radius 2 is 1.94 bits per heavy atom. The topological polar surface area (TPSA) is 64.6 Å². The zero-order chi connectivity index (χ0) is 12.2. The summed E-state index contributed by atoms with van der Waals surface area (Å²) in [7, 11) is 0. The Kier molecular flexibility index (Phi) is 6.41. The van der Waals surface area contributed by atoms with Crippen LogP contribution >= 0.6 is 12.4 Å². The van der Waals surface area contributed by atoms with Gasteiger partial charge in [0.2, 0.25) is 5.67 Å². The first kappa shape index (κ1) is 16.1. The van der Waals surface area contributed by atoms with Crippen molar-refractivity contribution in [1.82, 2.24) is 5.32 Å². The molecule has 1 aliphatic heterocycles. The van der Waals surface area contributed by atoms with Crippen LogP contribution in [-0.2, 0) is 19.1 Å². The van der Waals surface area contributed by atoms with E-state index in [1.807, 2.05) is 0 Å². The number of nitrogens with one attached hydrogen (secondary N) is 1. The summed E-state index contributed by atoms with van der Waals surface area (Å²) < 4.78 is 23.6. The van der Waals surface area contributed by atoms with Gasteiger partial charge >= 0.3 is 11.9 Å². The minimum absolute atomic E-state index is 0. The van der Waals surface area contributed by atoms with Gasteiger partial charge in [-0.2, -0.15) is 0 Å². The lowest BCUT2D eigenvalue weighted by molar-refractivity contribution is -0.167. The number of rotatable bonds is 4. The molecule has 0 aromatic rings. The summed E-state index contributed by atoms with van der Waals surface area (Å²) in [4.78, 5) is 22.9. The Bertz CT molecular complexity index is 289. The van der Waals surface area contributed by atoms with Crippen LogP contribution in [0.5, 0.6) is 0 Å². The molecular weight excluding hydrogens is 253 g/mol. The van der Waals surface area contributed by atoms with E-state index in [1.54, 1.807) is 13.8 Å². The third-order valence-corrected chi connectivity index (χ3v) is 2.47. The van der Waals surface area contributed by atoms with Crippen LogP contribution in [-0.4, -0.2) is 43.9 Å². The third kappa shape index (κ3) is 3.29. The van der Waals surface area contributed by atoms with Crippen LogP contribution in [0, 0.1) is 5.92 Å². The zero-order valence-corrected chi connectivity index (χ0v) is 10.6. The molecule has 1 N–H and O–H groups in total. The van der Waals surface area contributed by atoms with Crippen molar-refractivity contribution in [3.8, 4) is 0 Å². The van der Waals surface area contributed by atoms with E-state index in [1.165, 1.54) is 0 Å². The molecule has 1 heterocycles. The van der Waals surface area contributed by atoms with Gasteiger partial charge in [-0.3, -0.25) is 4.79 Å². The van der Waals surface area contributed by atoms with Crippen LogP contribution in [0.25, 0.3) is 0 Å². The van der Waals surface area contributed by atoms with Gasteiger partial charge in [0.25, 0.3) is 0 Å². The lowest BCUT2D eigenvalue weighted by atomic mass is 9.93. The van der Waals surface area contributed by atoms with E-state index in [0.717, 1.165) is 0 Å². The molecule has 0 aromatic heterocycles. The molecule has 0 bridgehead atoms. The van der Waals surface area contributed by atoms with E-state index in [0.29, 0.717) is 0 Å².